The van der Waals surface area contributed by atoms with Crippen LogP contribution in [0.5, 0.6) is 0 Å². The monoisotopic (exact) mass is 600 g/mol. The van der Waals surface area contributed by atoms with Gasteiger partial charge in [-0.15, -0.1) is 0 Å². The first-order valence-electron chi connectivity index (χ1n) is 14.7. The van der Waals surface area contributed by atoms with Gasteiger partial charge in [-0.2, -0.15) is 0 Å². The topological polar surface area (TPSA) is 197 Å². The lowest BCUT2D eigenvalue weighted by atomic mass is 9.86. The van der Waals surface area contributed by atoms with Gasteiger partial charge in [0.1, 0.15) is 12.2 Å². The minimum absolute atomic E-state index is 0.0313. The molecule has 246 valence electrons. The van der Waals surface area contributed by atoms with Crippen molar-refractivity contribution in [2.24, 2.45) is 23.7 Å². The molecule has 3 aliphatic heterocycles. The van der Waals surface area contributed by atoms with Gasteiger partial charge in [-0.25, -0.2) is 0 Å². The summed E-state index contributed by atoms with van der Waals surface area (Å²) in [7, 11) is 0. The van der Waals surface area contributed by atoms with Gasteiger partial charge >= 0.3 is 0 Å². The van der Waals surface area contributed by atoms with Crippen molar-refractivity contribution >= 4 is 0 Å². The van der Waals surface area contributed by atoms with Crippen molar-refractivity contribution in [2.45, 2.75) is 123 Å². The lowest BCUT2D eigenvalue weighted by Gasteiger charge is -2.41. The standard InChI is InChI=1S/C10H20O4.C9H18O5.C9H18O4/c1-4-13-10-8(5-11)9(12)6(2)7(3)14-10;1-3-13-9-8(12)7(11)5(2)6(4-10)14-9;1-4-12-9-8(11)7(10)5(2)6(3)13-9/h6-12H,4-5H2,1-3H3;5-12H,3-4H2,1-2H3;5-11H,4H2,1-3H3. The summed E-state index contributed by atoms with van der Waals surface area (Å²) in [6.07, 6.45) is -6.85. The van der Waals surface area contributed by atoms with Crippen LogP contribution in [-0.2, 0) is 28.4 Å². The number of aliphatic hydroxyl groups excluding tert-OH is 7. The van der Waals surface area contributed by atoms with Crippen LogP contribution in [0.2, 0.25) is 0 Å². The average Bonchev–Trinajstić information content (AvgIpc) is 2.95. The minimum Gasteiger partial charge on any atom is -0.396 e. The molecule has 3 saturated heterocycles. The molecule has 0 spiro atoms. The predicted molar refractivity (Wildman–Crippen MR) is 147 cm³/mol. The van der Waals surface area contributed by atoms with E-state index < -0.39 is 55.5 Å². The summed E-state index contributed by atoms with van der Waals surface area (Å²) in [6.45, 7) is 15.8. The SMILES string of the molecule is CCOC1OC(C)C(C)C(O)C1CO.CCOC1OC(C)C(C)C(O)C1O.CCOC1OC(CO)C(C)C(O)C1O. The van der Waals surface area contributed by atoms with E-state index >= 15 is 0 Å². The second-order valence-electron chi connectivity index (χ2n) is 10.9. The Labute approximate surface area is 244 Å². The fourth-order valence-electron chi connectivity index (χ4n) is 4.83. The molecule has 0 aromatic carbocycles. The molecule has 0 bridgehead atoms. The molecule has 13 heteroatoms. The van der Waals surface area contributed by atoms with E-state index in [9.17, 15) is 25.5 Å². The zero-order chi connectivity index (χ0) is 31.4. The molecular weight excluding hydrogens is 544 g/mol. The number of rotatable bonds is 8. The van der Waals surface area contributed by atoms with Crippen LogP contribution in [0.25, 0.3) is 0 Å². The molecule has 15 atom stereocenters. The molecule has 3 aliphatic rings. The van der Waals surface area contributed by atoms with E-state index in [0.717, 1.165) is 0 Å². The van der Waals surface area contributed by atoms with Crippen LogP contribution < -0.4 is 0 Å². The van der Waals surface area contributed by atoms with Crippen LogP contribution in [0.4, 0.5) is 0 Å². The van der Waals surface area contributed by atoms with E-state index in [2.05, 4.69) is 0 Å². The summed E-state index contributed by atoms with van der Waals surface area (Å²) in [5.74, 6) is -0.664. The molecule has 41 heavy (non-hydrogen) atoms. The second kappa shape index (κ2) is 19.0. The zero-order valence-corrected chi connectivity index (χ0v) is 25.8. The van der Waals surface area contributed by atoms with Crippen LogP contribution in [0.1, 0.15) is 55.4 Å². The van der Waals surface area contributed by atoms with Gasteiger partial charge < -0.3 is 64.2 Å². The first-order chi connectivity index (χ1) is 19.3. The average molecular weight is 601 g/mol. The van der Waals surface area contributed by atoms with Crippen molar-refractivity contribution in [3.8, 4) is 0 Å². The maximum atomic E-state index is 9.88. The van der Waals surface area contributed by atoms with Crippen molar-refractivity contribution in [3.05, 3.63) is 0 Å². The molecule has 15 unspecified atom stereocenters. The van der Waals surface area contributed by atoms with Crippen LogP contribution in [0.15, 0.2) is 0 Å². The Morgan fingerprint density at radius 1 is 0.488 bits per heavy atom. The van der Waals surface area contributed by atoms with Crippen LogP contribution >= 0.6 is 0 Å². The number of aliphatic hydroxyl groups is 7. The van der Waals surface area contributed by atoms with Crippen LogP contribution in [0.3, 0.4) is 0 Å². The van der Waals surface area contributed by atoms with E-state index in [-0.39, 0.29) is 49.1 Å². The van der Waals surface area contributed by atoms with Gasteiger partial charge in [-0.1, -0.05) is 20.8 Å². The number of hydrogen-bond acceptors (Lipinski definition) is 13. The predicted octanol–water partition coefficient (Wildman–Crippen LogP) is -0.403. The van der Waals surface area contributed by atoms with Gasteiger partial charge in [-0.3, -0.25) is 0 Å². The Kier molecular flexibility index (Phi) is 17.8. The Balaban J connectivity index is 0.000000308. The van der Waals surface area contributed by atoms with Crippen molar-refractivity contribution in [1.82, 2.24) is 0 Å². The molecule has 0 aliphatic carbocycles. The highest BCUT2D eigenvalue weighted by molar-refractivity contribution is 4.87. The summed E-state index contributed by atoms with van der Waals surface area (Å²) in [4.78, 5) is 0. The van der Waals surface area contributed by atoms with Gasteiger partial charge in [0.05, 0.1) is 55.8 Å². The minimum atomic E-state index is -1.05. The van der Waals surface area contributed by atoms with Crippen molar-refractivity contribution in [2.75, 3.05) is 33.0 Å². The third-order valence-electron chi connectivity index (χ3n) is 8.12. The molecule has 0 radical (unpaired) electrons. The van der Waals surface area contributed by atoms with Gasteiger partial charge in [-0.05, 0) is 34.6 Å². The van der Waals surface area contributed by atoms with Gasteiger partial charge in [0, 0.05) is 37.6 Å². The Morgan fingerprint density at radius 3 is 1.32 bits per heavy atom. The number of ether oxygens (including phenoxy) is 6. The van der Waals surface area contributed by atoms with Crippen LogP contribution in [-0.4, -0.2) is 136 Å². The lowest BCUT2D eigenvalue weighted by Crippen LogP contribution is -2.55. The Bertz CT molecular complexity index is 683. The molecule has 0 saturated carbocycles. The molecular formula is C28H56O13. The maximum absolute atomic E-state index is 9.88. The van der Waals surface area contributed by atoms with Gasteiger partial charge in [0.15, 0.2) is 18.9 Å². The first-order valence-corrected chi connectivity index (χ1v) is 14.7. The third-order valence-corrected chi connectivity index (χ3v) is 8.12. The van der Waals surface area contributed by atoms with E-state index in [1.807, 2.05) is 41.5 Å². The Hall–Kier alpha value is -0.520. The molecule has 0 amide bonds. The molecule has 3 fully saturated rings. The van der Waals surface area contributed by atoms with Crippen molar-refractivity contribution in [3.63, 3.8) is 0 Å². The smallest absolute Gasteiger partial charge is 0.186 e. The Morgan fingerprint density at radius 2 is 0.878 bits per heavy atom. The molecule has 3 rings (SSSR count). The normalized spacial score (nSPS) is 44.7. The summed E-state index contributed by atoms with van der Waals surface area (Å²) in [6, 6.07) is 0. The molecule has 3 heterocycles. The summed E-state index contributed by atoms with van der Waals surface area (Å²) < 4.78 is 31.8. The van der Waals surface area contributed by atoms with Crippen molar-refractivity contribution < 1.29 is 64.2 Å². The largest absolute Gasteiger partial charge is 0.396 e. The fraction of sp³-hybridized carbons (Fsp3) is 1.00. The maximum Gasteiger partial charge on any atom is 0.186 e. The molecule has 7 N–H and O–H groups in total. The first kappa shape index (κ1) is 38.5. The van der Waals surface area contributed by atoms with E-state index in [0.29, 0.717) is 19.8 Å². The van der Waals surface area contributed by atoms with E-state index in [4.69, 9.17) is 38.6 Å². The number of hydrogen-bond donors (Lipinski definition) is 7. The van der Waals surface area contributed by atoms with E-state index in [1.165, 1.54) is 0 Å². The second-order valence-corrected chi connectivity index (χ2v) is 10.9. The fourth-order valence-corrected chi connectivity index (χ4v) is 4.83. The molecule has 0 aromatic rings. The van der Waals surface area contributed by atoms with Gasteiger partial charge in [0.25, 0.3) is 0 Å². The van der Waals surface area contributed by atoms with Crippen molar-refractivity contribution in [1.29, 1.82) is 0 Å². The summed E-state index contributed by atoms with van der Waals surface area (Å²) in [5, 5.41) is 66.4. The third kappa shape index (κ3) is 10.6. The lowest BCUT2D eigenvalue weighted by molar-refractivity contribution is -0.286. The molecule has 13 nitrogen and oxygen atoms in total. The van der Waals surface area contributed by atoms with E-state index in [1.54, 1.807) is 13.8 Å². The summed E-state index contributed by atoms with van der Waals surface area (Å²) >= 11 is 0. The molecule has 0 aromatic heterocycles. The summed E-state index contributed by atoms with van der Waals surface area (Å²) in [5.41, 5.74) is 0. The highest BCUT2D eigenvalue weighted by Crippen LogP contribution is 2.30. The highest BCUT2D eigenvalue weighted by atomic mass is 16.7. The highest BCUT2D eigenvalue weighted by Gasteiger charge is 2.43. The van der Waals surface area contributed by atoms with Crippen LogP contribution in [0, 0.1) is 23.7 Å². The zero-order valence-electron chi connectivity index (χ0n) is 25.8. The van der Waals surface area contributed by atoms with Gasteiger partial charge in [0.2, 0.25) is 0 Å². The quantitative estimate of drug-likeness (QED) is 0.190.